The first-order valence-electron chi connectivity index (χ1n) is 5.24. The molecule has 5 nitrogen and oxygen atoms in total. The van der Waals surface area contributed by atoms with E-state index in [9.17, 15) is 9.59 Å². The van der Waals surface area contributed by atoms with E-state index in [4.69, 9.17) is 9.84 Å². The van der Waals surface area contributed by atoms with Gasteiger partial charge >= 0.3 is 11.9 Å². The second-order valence-electron chi connectivity index (χ2n) is 3.32. The molecule has 0 amide bonds. The monoisotopic (exact) mass is 244 g/mol. The highest BCUT2D eigenvalue weighted by atomic mass is 16.5. The standard InChI is InChI=1S/C6H8O4.C6H12O/c1-2-10-6(9)4-3-5(7)8;1-4-7-5-6(2)3/h3-4H,2H2,1H3,(H,7,8);4,6H,1,5H2,2-3H3/b4-3-;. The van der Waals surface area contributed by atoms with Crippen LogP contribution in [0, 0.1) is 5.92 Å². The number of carboxylic acids is 1. The van der Waals surface area contributed by atoms with Crippen molar-refractivity contribution in [3.05, 3.63) is 25.0 Å². The van der Waals surface area contributed by atoms with E-state index in [0.29, 0.717) is 5.92 Å². The molecule has 0 aliphatic heterocycles. The number of carbonyl (C=O) groups excluding carboxylic acids is 1. The summed E-state index contributed by atoms with van der Waals surface area (Å²) in [6.45, 7) is 10.3. The van der Waals surface area contributed by atoms with Crippen LogP contribution in [0.25, 0.3) is 0 Å². The Hall–Kier alpha value is -1.78. The summed E-state index contributed by atoms with van der Waals surface area (Å²) in [5.74, 6) is -1.18. The molecule has 0 aromatic rings. The van der Waals surface area contributed by atoms with Crippen LogP contribution in [-0.2, 0) is 19.1 Å². The second kappa shape index (κ2) is 12.3. The number of carboxylic acid groups (broad SMARTS) is 1. The van der Waals surface area contributed by atoms with Gasteiger partial charge in [0.25, 0.3) is 0 Å². The lowest BCUT2D eigenvalue weighted by atomic mass is 10.2. The van der Waals surface area contributed by atoms with E-state index in [2.05, 4.69) is 25.2 Å². The van der Waals surface area contributed by atoms with Gasteiger partial charge in [-0.25, -0.2) is 9.59 Å². The van der Waals surface area contributed by atoms with Crippen molar-refractivity contribution in [2.24, 2.45) is 5.92 Å². The summed E-state index contributed by atoms with van der Waals surface area (Å²) in [5, 5.41) is 8.04. The van der Waals surface area contributed by atoms with Gasteiger partial charge in [0.2, 0.25) is 0 Å². The average Bonchev–Trinajstić information content (AvgIpc) is 2.25. The SMILES string of the molecule is C=COCC(C)C.CCOC(=O)/C=C\C(=O)O. The molecule has 0 aromatic carbocycles. The third-order valence-electron chi connectivity index (χ3n) is 1.20. The van der Waals surface area contributed by atoms with Gasteiger partial charge in [0.15, 0.2) is 0 Å². The number of aliphatic carboxylic acids is 1. The van der Waals surface area contributed by atoms with Gasteiger partial charge in [-0.3, -0.25) is 0 Å². The summed E-state index contributed by atoms with van der Waals surface area (Å²) in [5.41, 5.74) is 0. The molecule has 0 radical (unpaired) electrons. The van der Waals surface area contributed by atoms with Crippen molar-refractivity contribution in [2.45, 2.75) is 20.8 Å². The maximum atomic E-state index is 10.4. The first-order valence-corrected chi connectivity index (χ1v) is 5.24. The lowest BCUT2D eigenvalue weighted by Crippen LogP contribution is -2.00. The second-order valence-corrected chi connectivity index (χ2v) is 3.32. The number of rotatable bonds is 6. The van der Waals surface area contributed by atoms with Gasteiger partial charge in [0.05, 0.1) is 19.5 Å². The topological polar surface area (TPSA) is 72.8 Å². The summed E-state index contributed by atoms with van der Waals surface area (Å²) in [4.78, 5) is 20.2. The fourth-order valence-electron chi connectivity index (χ4n) is 0.590. The largest absolute Gasteiger partial charge is 0.502 e. The van der Waals surface area contributed by atoms with Crippen molar-refractivity contribution < 1.29 is 24.2 Å². The molecule has 98 valence electrons. The van der Waals surface area contributed by atoms with E-state index >= 15 is 0 Å². The van der Waals surface area contributed by atoms with Gasteiger partial charge in [-0.2, -0.15) is 0 Å². The minimum Gasteiger partial charge on any atom is -0.502 e. The van der Waals surface area contributed by atoms with Gasteiger partial charge < -0.3 is 14.6 Å². The van der Waals surface area contributed by atoms with Crippen LogP contribution in [-0.4, -0.2) is 30.3 Å². The van der Waals surface area contributed by atoms with E-state index in [1.54, 1.807) is 6.92 Å². The summed E-state index contributed by atoms with van der Waals surface area (Å²) in [6, 6.07) is 0. The van der Waals surface area contributed by atoms with Crippen LogP contribution in [0.5, 0.6) is 0 Å². The Balaban J connectivity index is 0. The first-order chi connectivity index (χ1) is 7.93. The fourth-order valence-corrected chi connectivity index (χ4v) is 0.590. The molecule has 5 heteroatoms. The lowest BCUT2D eigenvalue weighted by Gasteiger charge is -2.00. The zero-order valence-electron chi connectivity index (χ0n) is 10.5. The molecule has 0 unspecified atom stereocenters. The van der Waals surface area contributed by atoms with Gasteiger partial charge in [0, 0.05) is 12.2 Å². The van der Waals surface area contributed by atoms with Crippen LogP contribution in [0.1, 0.15) is 20.8 Å². The van der Waals surface area contributed by atoms with Crippen LogP contribution in [0.2, 0.25) is 0 Å². The van der Waals surface area contributed by atoms with Gasteiger partial charge in [-0.05, 0) is 12.8 Å². The predicted molar refractivity (Wildman–Crippen MR) is 64.4 cm³/mol. The highest BCUT2D eigenvalue weighted by Gasteiger charge is 1.94. The highest BCUT2D eigenvalue weighted by molar-refractivity contribution is 5.90. The van der Waals surface area contributed by atoms with Crippen LogP contribution in [0.4, 0.5) is 0 Å². The molecule has 0 saturated heterocycles. The Morgan fingerprint density at radius 3 is 2.24 bits per heavy atom. The minimum absolute atomic E-state index is 0.253. The molecule has 0 bridgehead atoms. The number of ether oxygens (including phenoxy) is 2. The van der Waals surface area contributed by atoms with Crippen LogP contribution in [0.15, 0.2) is 25.0 Å². The third-order valence-corrected chi connectivity index (χ3v) is 1.20. The maximum absolute atomic E-state index is 10.4. The molecule has 17 heavy (non-hydrogen) atoms. The zero-order chi connectivity index (χ0) is 13.7. The predicted octanol–water partition coefficient (Wildman–Crippen LogP) is 1.99. The van der Waals surface area contributed by atoms with E-state index in [0.717, 1.165) is 18.8 Å². The number of esters is 1. The Morgan fingerprint density at radius 2 is 1.94 bits per heavy atom. The maximum Gasteiger partial charge on any atom is 0.330 e. The van der Waals surface area contributed by atoms with E-state index in [1.165, 1.54) is 6.26 Å². The molecule has 0 aromatic heterocycles. The van der Waals surface area contributed by atoms with Crippen molar-refractivity contribution in [1.82, 2.24) is 0 Å². The zero-order valence-corrected chi connectivity index (χ0v) is 10.5. The summed E-state index contributed by atoms with van der Waals surface area (Å²) < 4.78 is 9.26. The van der Waals surface area contributed by atoms with Gasteiger partial charge in [-0.15, -0.1) is 0 Å². The molecule has 0 saturated carbocycles. The van der Waals surface area contributed by atoms with E-state index in [1.807, 2.05) is 0 Å². The Bertz CT molecular complexity index is 256. The molecule has 0 aliphatic carbocycles. The quantitative estimate of drug-likeness (QED) is 0.439. The minimum atomic E-state index is -1.16. The molecular weight excluding hydrogens is 224 g/mol. The average molecular weight is 244 g/mol. The molecule has 0 spiro atoms. The van der Waals surface area contributed by atoms with Crippen molar-refractivity contribution in [3.8, 4) is 0 Å². The molecule has 0 fully saturated rings. The normalized spacial score (nSPS) is 9.41. The summed E-state index contributed by atoms with van der Waals surface area (Å²) in [6.07, 6.45) is 3.07. The molecular formula is C12H20O5. The molecule has 0 heterocycles. The Labute approximate surface area is 102 Å². The van der Waals surface area contributed by atoms with E-state index in [-0.39, 0.29) is 6.61 Å². The number of carbonyl (C=O) groups is 2. The van der Waals surface area contributed by atoms with Crippen LogP contribution in [0.3, 0.4) is 0 Å². The first kappa shape index (κ1) is 17.6. The van der Waals surface area contributed by atoms with Crippen molar-refractivity contribution in [1.29, 1.82) is 0 Å². The van der Waals surface area contributed by atoms with Crippen LogP contribution < -0.4 is 0 Å². The number of hydrogen-bond donors (Lipinski definition) is 1. The summed E-state index contributed by atoms with van der Waals surface area (Å²) in [7, 11) is 0. The van der Waals surface area contributed by atoms with E-state index < -0.39 is 11.9 Å². The van der Waals surface area contributed by atoms with Gasteiger partial charge in [0.1, 0.15) is 0 Å². The molecule has 0 aliphatic rings. The smallest absolute Gasteiger partial charge is 0.330 e. The van der Waals surface area contributed by atoms with Gasteiger partial charge in [-0.1, -0.05) is 20.4 Å². The Morgan fingerprint density at radius 1 is 1.35 bits per heavy atom. The van der Waals surface area contributed by atoms with Crippen LogP contribution >= 0.6 is 0 Å². The lowest BCUT2D eigenvalue weighted by molar-refractivity contribution is -0.138. The van der Waals surface area contributed by atoms with Crippen molar-refractivity contribution in [3.63, 3.8) is 0 Å². The van der Waals surface area contributed by atoms with Crippen molar-refractivity contribution >= 4 is 11.9 Å². The molecule has 0 rings (SSSR count). The summed E-state index contributed by atoms with van der Waals surface area (Å²) >= 11 is 0. The Kier molecular flexibility index (Phi) is 12.7. The molecule has 1 N–H and O–H groups in total. The number of hydrogen-bond acceptors (Lipinski definition) is 4. The molecule has 0 atom stereocenters. The third kappa shape index (κ3) is 20.3. The fraction of sp³-hybridized carbons (Fsp3) is 0.500. The highest BCUT2D eigenvalue weighted by Crippen LogP contribution is 1.90. The van der Waals surface area contributed by atoms with Crippen molar-refractivity contribution in [2.75, 3.05) is 13.2 Å².